The Hall–Kier alpha value is -1.55. The lowest BCUT2D eigenvalue weighted by atomic mass is 9.86. The first-order chi connectivity index (χ1) is 10.4. The molecule has 0 atom stereocenters. The van der Waals surface area contributed by atoms with Gasteiger partial charge in [-0.05, 0) is 18.9 Å². The number of aromatic nitrogens is 3. The predicted molar refractivity (Wildman–Crippen MR) is 83.4 cm³/mol. The maximum Gasteiger partial charge on any atom is 0.215 e. The van der Waals surface area contributed by atoms with Crippen molar-refractivity contribution in [1.29, 1.82) is 0 Å². The first kappa shape index (κ1) is 14.4. The molecule has 0 N–H and O–H groups in total. The number of pyridine rings is 1. The van der Waals surface area contributed by atoms with Gasteiger partial charge in [-0.2, -0.15) is 0 Å². The molecular weight excluding hydrogens is 286 g/mol. The van der Waals surface area contributed by atoms with Crippen molar-refractivity contribution in [2.24, 2.45) is 0 Å². The van der Waals surface area contributed by atoms with Crippen LogP contribution >= 0.6 is 11.6 Å². The second-order valence-electron chi connectivity index (χ2n) is 5.43. The predicted octanol–water partition coefficient (Wildman–Crippen LogP) is 3.93. The van der Waals surface area contributed by atoms with Gasteiger partial charge >= 0.3 is 0 Å². The van der Waals surface area contributed by atoms with Crippen molar-refractivity contribution in [2.75, 3.05) is 12.5 Å². The Morgan fingerprint density at radius 2 is 2.10 bits per heavy atom. The highest BCUT2D eigenvalue weighted by Crippen LogP contribution is 2.33. The lowest BCUT2D eigenvalue weighted by Gasteiger charge is -2.22. The van der Waals surface area contributed by atoms with Gasteiger partial charge in [-0.15, -0.1) is 11.6 Å². The number of rotatable bonds is 5. The molecule has 4 nitrogen and oxygen atoms in total. The van der Waals surface area contributed by atoms with Crippen molar-refractivity contribution < 1.29 is 4.74 Å². The summed E-state index contributed by atoms with van der Waals surface area (Å²) in [6.07, 6.45) is 11.9. The number of ether oxygens (including phenoxy) is 1. The number of halogens is 1. The van der Waals surface area contributed by atoms with Crippen LogP contribution in [-0.4, -0.2) is 27.0 Å². The summed E-state index contributed by atoms with van der Waals surface area (Å²) in [5, 5.41) is 0. The average Bonchev–Trinajstić information content (AvgIpc) is 3.08. The molecule has 1 fully saturated rings. The van der Waals surface area contributed by atoms with Crippen molar-refractivity contribution in [3.63, 3.8) is 0 Å². The molecular formula is C16H20ClN3O. The second-order valence-corrected chi connectivity index (χ2v) is 5.81. The smallest absolute Gasteiger partial charge is 0.215 e. The van der Waals surface area contributed by atoms with Crippen molar-refractivity contribution in [2.45, 2.75) is 38.0 Å². The average molecular weight is 306 g/mol. The first-order valence-corrected chi connectivity index (χ1v) is 8.09. The van der Waals surface area contributed by atoms with E-state index in [1.54, 1.807) is 12.5 Å². The highest BCUT2D eigenvalue weighted by atomic mass is 35.5. The van der Waals surface area contributed by atoms with Crippen molar-refractivity contribution >= 4 is 11.6 Å². The van der Waals surface area contributed by atoms with Gasteiger partial charge in [0.2, 0.25) is 5.88 Å². The van der Waals surface area contributed by atoms with Crippen LogP contribution in [0.1, 0.15) is 43.7 Å². The molecule has 0 radical (unpaired) electrons. The molecule has 2 aromatic heterocycles. The summed E-state index contributed by atoms with van der Waals surface area (Å²) in [5.41, 5.74) is 2.18. The maximum absolute atomic E-state index is 5.71. The molecule has 2 heterocycles. The molecule has 2 aromatic rings. The van der Waals surface area contributed by atoms with Crippen LogP contribution in [0.15, 0.2) is 30.9 Å². The minimum atomic E-state index is 0.468. The van der Waals surface area contributed by atoms with Crippen LogP contribution in [0.3, 0.4) is 0 Å². The van der Waals surface area contributed by atoms with E-state index < -0.39 is 0 Å². The van der Waals surface area contributed by atoms with Gasteiger partial charge in [-0.1, -0.05) is 19.3 Å². The Bertz CT molecular complexity index is 565. The van der Waals surface area contributed by atoms with E-state index in [1.807, 2.05) is 16.8 Å². The Labute approximate surface area is 130 Å². The highest BCUT2D eigenvalue weighted by Gasteiger charge is 2.18. The molecule has 5 heteroatoms. The van der Waals surface area contributed by atoms with E-state index >= 15 is 0 Å². The zero-order chi connectivity index (χ0) is 14.5. The zero-order valence-corrected chi connectivity index (χ0v) is 12.8. The van der Waals surface area contributed by atoms with E-state index in [1.165, 1.54) is 32.1 Å². The quantitative estimate of drug-likeness (QED) is 0.786. The van der Waals surface area contributed by atoms with E-state index in [0.29, 0.717) is 24.3 Å². The van der Waals surface area contributed by atoms with Gasteiger partial charge in [0.25, 0.3) is 0 Å². The van der Waals surface area contributed by atoms with Gasteiger partial charge in [0, 0.05) is 30.1 Å². The van der Waals surface area contributed by atoms with Crippen molar-refractivity contribution in [3.8, 4) is 11.6 Å². The highest BCUT2D eigenvalue weighted by molar-refractivity contribution is 6.17. The molecule has 1 aliphatic rings. The Kier molecular flexibility index (Phi) is 4.76. The summed E-state index contributed by atoms with van der Waals surface area (Å²) < 4.78 is 7.64. The van der Waals surface area contributed by atoms with Crippen LogP contribution in [0.5, 0.6) is 5.88 Å². The molecule has 0 amide bonds. The number of hydrogen-bond acceptors (Lipinski definition) is 3. The fourth-order valence-corrected chi connectivity index (χ4v) is 2.97. The summed E-state index contributed by atoms with van der Waals surface area (Å²) in [6.45, 7) is 0.478. The third-order valence-corrected chi connectivity index (χ3v) is 4.11. The van der Waals surface area contributed by atoms with Gasteiger partial charge in [0.1, 0.15) is 6.61 Å². The Balaban J connectivity index is 1.92. The largest absolute Gasteiger partial charge is 0.476 e. The van der Waals surface area contributed by atoms with Gasteiger partial charge < -0.3 is 9.30 Å². The number of hydrogen-bond donors (Lipinski definition) is 0. The van der Waals surface area contributed by atoms with E-state index in [9.17, 15) is 0 Å². The van der Waals surface area contributed by atoms with Gasteiger partial charge in [0.05, 0.1) is 17.9 Å². The summed E-state index contributed by atoms with van der Waals surface area (Å²) in [4.78, 5) is 8.80. The second kappa shape index (κ2) is 6.94. The van der Waals surface area contributed by atoms with Crippen LogP contribution in [0.25, 0.3) is 5.69 Å². The van der Waals surface area contributed by atoms with Crippen molar-refractivity contribution in [3.05, 3.63) is 36.5 Å². The minimum Gasteiger partial charge on any atom is -0.476 e. The number of nitrogens with zero attached hydrogens (tertiary/aromatic N) is 3. The van der Waals surface area contributed by atoms with Crippen LogP contribution in [0, 0.1) is 0 Å². The SMILES string of the molecule is ClCCOc1cc(-n2ccnc2)cc(C2CCCCC2)n1. The van der Waals surface area contributed by atoms with E-state index in [4.69, 9.17) is 16.3 Å². The van der Waals surface area contributed by atoms with E-state index in [0.717, 1.165) is 11.4 Å². The lowest BCUT2D eigenvalue weighted by molar-refractivity contribution is 0.325. The van der Waals surface area contributed by atoms with Crippen LogP contribution in [0.2, 0.25) is 0 Å². The fourth-order valence-electron chi connectivity index (χ4n) is 2.90. The summed E-state index contributed by atoms with van der Waals surface area (Å²) in [5.74, 6) is 1.67. The first-order valence-electron chi connectivity index (χ1n) is 7.56. The third-order valence-electron chi connectivity index (χ3n) is 3.96. The van der Waals surface area contributed by atoms with Crippen molar-refractivity contribution in [1.82, 2.24) is 14.5 Å². The summed E-state index contributed by atoms with van der Waals surface area (Å²) in [7, 11) is 0. The van der Waals surface area contributed by atoms with Gasteiger partial charge in [0.15, 0.2) is 0 Å². The van der Waals surface area contributed by atoms with Gasteiger partial charge in [-0.3, -0.25) is 0 Å². The van der Waals surface area contributed by atoms with Gasteiger partial charge in [-0.25, -0.2) is 9.97 Å². The zero-order valence-electron chi connectivity index (χ0n) is 12.0. The Morgan fingerprint density at radius 1 is 1.24 bits per heavy atom. The molecule has 1 saturated carbocycles. The monoisotopic (exact) mass is 305 g/mol. The fraction of sp³-hybridized carbons (Fsp3) is 0.500. The summed E-state index contributed by atoms with van der Waals surface area (Å²) >= 11 is 5.71. The molecule has 0 aliphatic heterocycles. The molecule has 3 rings (SSSR count). The topological polar surface area (TPSA) is 39.9 Å². The molecule has 0 saturated heterocycles. The molecule has 0 bridgehead atoms. The number of imidazole rings is 1. The standard InChI is InChI=1S/C16H20ClN3O/c17-6-9-21-16-11-14(20-8-7-18-12-20)10-15(19-16)13-4-2-1-3-5-13/h7-8,10-13H,1-6,9H2. The van der Waals surface area contributed by atoms with E-state index in [-0.39, 0.29) is 0 Å². The third kappa shape index (κ3) is 3.56. The molecule has 1 aliphatic carbocycles. The number of alkyl halides is 1. The van der Waals surface area contributed by atoms with E-state index in [2.05, 4.69) is 16.0 Å². The molecule has 21 heavy (non-hydrogen) atoms. The Morgan fingerprint density at radius 3 is 2.81 bits per heavy atom. The molecule has 112 valence electrons. The summed E-state index contributed by atoms with van der Waals surface area (Å²) in [6, 6.07) is 4.10. The molecule has 0 unspecified atom stereocenters. The van der Waals surface area contributed by atoms with Crippen LogP contribution in [-0.2, 0) is 0 Å². The molecule has 0 aromatic carbocycles. The van der Waals surface area contributed by atoms with Crippen LogP contribution < -0.4 is 4.74 Å². The minimum absolute atomic E-state index is 0.468. The maximum atomic E-state index is 5.71. The normalized spacial score (nSPS) is 16.0. The molecule has 0 spiro atoms. The lowest BCUT2D eigenvalue weighted by Crippen LogP contribution is -2.09. The van der Waals surface area contributed by atoms with Crippen LogP contribution in [0.4, 0.5) is 0 Å².